The molecule has 0 aromatic heterocycles. The fourth-order valence-electron chi connectivity index (χ4n) is 2.91. The molecule has 2 rings (SSSR count). The molecule has 3 nitrogen and oxygen atoms in total. The summed E-state index contributed by atoms with van der Waals surface area (Å²) in [5.74, 6) is 2.24. The van der Waals surface area contributed by atoms with Crippen molar-refractivity contribution in [3.8, 4) is 5.75 Å². The van der Waals surface area contributed by atoms with E-state index in [0.29, 0.717) is 25.1 Å². The van der Waals surface area contributed by atoms with Gasteiger partial charge in [0, 0.05) is 12.6 Å². The molecule has 0 saturated heterocycles. The fraction of sp³-hybridized carbons (Fsp3) is 0.647. The zero-order valence-electron chi connectivity index (χ0n) is 13.1. The Bertz CT molecular complexity index is 466. The van der Waals surface area contributed by atoms with Gasteiger partial charge in [-0.05, 0) is 65.2 Å². The first-order chi connectivity index (χ1) is 9.97. The van der Waals surface area contributed by atoms with Crippen molar-refractivity contribution in [1.29, 1.82) is 0 Å². The van der Waals surface area contributed by atoms with Gasteiger partial charge in [0.05, 0.1) is 4.47 Å². The van der Waals surface area contributed by atoms with Gasteiger partial charge in [-0.2, -0.15) is 0 Å². The fourth-order valence-corrected chi connectivity index (χ4v) is 3.52. The van der Waals surface area contributed by atoms with Crippen molar-refractivity contribution in [3.63, 3.8) is 0 Å². The monoisotopic (exact) mass is 355 g/mol. The molecular formula is C17H26BrNO2. The molecule has 1 aromatic rings. The number of aliphatic hydroxyl groups is 1. The van der Waals surface area contributed by atoms with E-state index in [0.717, 1.165) is 16.1 Å². The molecule has 2 N–H and O–H groups in total. The Morgan fingerprint density at radius 1 is 1.38 bits per heavy atom. The summed E-state index contributed by atoms with van der Waals surface area (Å²) < 4.78 is 6.61. The zero-order chi connectivity index (χ0) is 15.4. The highest BCUT2D eigenvalue weighted by molar-refractivity contribution is 9.10. The van der Waals surface area contributed by atoms with Crippen molar-refractivity contribution < 1.29 is 9.84 Å². The summed E-state index contributed by atoms with van der Waals surface area (Å²) in [5, 5.41) is 13.5. The van der Waals surface area contributed by atoms with Gasteiger partial charge in [0.1, 0.15) is 18.5 Å². The lowest BCUT2D eigenvalue weighted by atomic mass is 9.98. The number of hydrogen-bond donors (Lipinski definition) is 2. The molecule has 118 valence electrons. The van der Waals surface area contributed by atoms with Crippen LogP contribution in [0.3, 0.4) is 0 Å². The number of hydrogen-bond acceptors (Lipinski definition) is 3. The van der Waals surface area contributed by atoms with Crippen LogP contribution < -0.4 is 10.1 Å². The van der Waals surface area contributed by atoms with Gasteiger partial charge in [0.15, 0.2) is 0 Å². The minimum absolute atomic E-state index is 0.311. The lowest BCUT2D eigenvalue weighted by Gasteiger charge is -2.22. The molecule has 4 unspecified atom stereocenters. The molecule has 0 amide bonds. The van der Waals surface area contributed by atoms with Crippen molar-refractivity contribution in [2.24, 2.45) is 11.8 Å². The van der Waals surface area contributed by atoms with Crippen LogP contribution in [0.25, 0.3) is 0 Å². The summed E-state index contributed by atoms with van der Waals surface area (Å²) in [6.07, 6.45) is 2.00. The van der Waals surface area contributed by atoms with E-state index in [1.54, 1.807) is 0 Å². The van der Waals surface area contributed by atoms with E-state index in [1.807, 2.05) is 25.1 Å². The highest BCUT2D eigenvalue weighted by Gasteiger charge is 2.29. The van der Waals surface area contributed by atoms with Gasteiger partial charge >= 0.3 is 0 Å². The average molecular weight is 356 g/mol. The van der Waals surface area contributed by atoms with E-state index < -0.39 is 6.10 Å². The molecule has 1 fully saturated rings. The molecule has 4 heteroatoms. The predicted octanol–water partition coefficient (Wildman–Crippen LogP) is 3.52. The van der Waals surface area contributed by atoms with E-state index in [-0.39, 0.29) is 0 Å². The van der Waals surface area contributed by atoms with Gasteiger partial charge in [-0.25, -0.2) is 0 Å². The Balaban J connectivity index is 1.73. The number of halogens is 1. The molecule has 1 aliphatic carbocycles. The molecule has 21 heavy (non-hydrogen) atoms. The summed E-state index contributed by atoms with van der Waals surface area (Å²) in [4.78, 5) is 0. The van der Waals surface area contributed by atoms with Crippen LogP contribution in [0.4, 0.5) is 0 Å². The van der Waals surface area contributed by atoms with Crippen molar-refractivity contribution in [2.45, 2.75) is 45.8 Å². The maximum atomic E-state index is 10.1. The Hall–Kier alpha value is -0.580. The third kappa shape index (κ3) is 4.70. The van der Waals surface area contributed by atoms with Crippen molar-refractivity contribution >= 4 is 15.9 Å². The van der Waals surface area contributed by atoms with Crippen LogP contribution in [0.15, 0.2) is 22.7 Å². The van der Waals surface area contributed by atoms with Gasteiger partial charge in [-0.1, -0.05) is 19.9 Å². The SMILES string of the molecule is Cc1ccc(OCC(O)CNC2CCC(C)C2C)c(Br)c1. The van der Waals surface area contributed by atoms with Crippen LogP contribution in [0, 0.1) is 18.8 Å². The summed E-state index contributed by atoms with van der Waals surface area (Å²) in [6.45, 7) is 7.54. The molecule has 1 aromatic carbocycles. The van der Waals surface area contributed by atoms with Crippen LogP contribution in [0.2, 0.25) is 0 Å². The molecule has 1 saturated carbocycles. The van der Waals surface area contributed by atoms with Gasteiger partial charge in [-0.3, -0.25) is 0 Å². The highest BCUT2D eigenvalue weighted by Crippen LogP contribution is 2.31. The number of aryl methyl sites for hydroxylation is 1. The number of ether oxygens (including phenoxy) is 1. The van der Waals surface area contributed by atoms with E-state index in [1.165, 1.54) is 18.4 Å². The van der Waals surface area contributed by atoms with Crippen molar-refractivity contribution in [1.82, 2.24) is 5.32 Å². The smallest absolute Gasteiger partial charge is 0.133 e. The van der Waals surface area contributed by atoms with E-state index in [4.69, 9.17) is 4.74 Å². The Morgan fingerprint density at radius 3 is 2.76 bits per heavy atom. The molecule has 4 atom stereocenters. The van der Waals surface area contributed by atoms with E-state index in [2.05, 4.69) is 35.1 Å². The van der Waals surface area contributed by atoms with Crippen LogP contribution in [-0.2, 0) is 0 Å². The van der Waals surface area contributed by atoms with Crippen LogP contribution >= 0.6 is 15.9 Å². The summed E-state index contributed by atoms with van der Waals surface area (Å²) in [6, 6.07) is 6.48. The predicted molar refractivity (Wildman–Crippen MR) is 89.7 cm³/mol. The lowest BCUT2D eigenvalue weighted by Crippen LogP contribution is -2.39. The first-order valence-electron chi connectivity index (χ1n) is 7.77. The summed E-state index contributed by atoms with van der Waals surface area (Å²) in [7, 11) is 0. The molecule has 0 spiro atoms. The topological polar surface area (TPSA) is 41.5 Å². The van der Waals surface area contributed by atoms with Crippen molar-refractivity contribution in [3.05, 3.63) is 28.2 Å². The number of aliphatic hydroxyl groups excluding tert-OH is 1. The van der Waals surface area contributed by atoms with Crippen LogP contribution in [0.1, 0.15) is 32.3 Å². The maximum absolute atomic E-state index is 10.1. The molecular weight excluding hydrogens is 330 g/mol. The maximum Gasteiger partial charge on any atom is 0.133 e. The van der Waals surface area contributed by atoms with Gasteiger partial charge in [-0.15, -0.1) is 0 Å². The first kappa shape index (κ1) is 16.8. The summed E-state index contributed by atoms with van der Waals surface area (Å²) >= 11 is 3.48. The summed E-state index contributed by atoms with van der Waals surface area (Å²) in [5.41, 5.74) is 1.18. The second kappa shape index (κ2) is 7.61. The third-order valence-corrected chi connectivity index (χ3v) is 5.22. The third-order valence-electron chi connectivity index (χ3n) is 4.60. The minimum atomic E-state index is -0.485. The molecule has 0 bridgehead atoms. The standard InChI is InChI=1S/C17H26BrNO2/c1-11-4-7-17(15(18)8-11)21-10-14(20)9-19-16-6-5-12(2)13(16)3/h4,7-8,12-14,16,19-20H,5-6,9-10H2,1-3H3. The van der Waals surface area contributed by atoms with E-state index >= 15 is 0 Å². The van der Waals surface area contributed by atoms with Crippen LogP contribution in [0.5, 0.6) is 5.75 Å². The normalized spacial score (nSPS) is 26.8. The first-order valence-corrected chi connectivity index (χ1v) is 8.57. The van der Waals surface area contributed by atoms with E-state index in [9.17, 15) is 5.11 Å². The number of benzene rings is 1. The van der Waals surface area contributed by atoms with Crippen LogP contribution in [-0.4, -0.2) is 30.4 Å². The molecule has 0 radical (unpaired) electrons. The highest BCUT2D eigenvalue weighted by atomic mass is 79.9. The van der Waals surface area contributed by atoms with Crippen molar-refractivity contribution in [2.75, 3.05) is 13.2 Å². The molecule has 0 heterocycles. The average Bonchev–Trinajstić information content (AvgIpc) is 2.75. The molecule has 1 aliphatic rings. The quantitative estimate of drug-likeness (QED) is 0.820. The Kier molecular flexibility index (Phi) is 6.08. The Morgan fingerprint density at radius 2 is 2.14 bits per heavy atom. The van der Waals surface area contributed by atoms with Gasteiger partial charge < -0.3 is 15.2 Å². The number of rotatable bonds is 6. The largest absolute Gasteiger partial charge is 0.490 e. The Labute approximate surface area is 136 Å². The van der Waals surface area contributed by atoms with Gasteiger partial charge in [0.25, 0.3) is 0 Å². The molecule has 0 aliphatic heterocycles. The minimum Gasteiger partial charge on any atom is -0.490 e. The van der Waals surface area contributed by atoms with Gasteiger partial charge in [0.2, 0.25) is 0 Å². The second-order valence-corrected chi connectivity index (χ2v) is 7.18. The second-order valence-electron chi connectivity index (χ2n) is 6.33. The lowest BCUT2D eigenvalue weighted by molar-refractivity contribution is 0.101. The number of nitrogens with one attached hydrogen (secondary N) is 1. The zero-order valence-corrected chi connectivity index (χ0v) is 14.7.